The van der Waals surface area contributed by atoms with Crippen LogP contribution in [0.15, 0.2) is 54.6 Å². The predicted octanol–water partition coefficient (Wildman–Crippen LogP) is 4.17. The molecule has 0 bridgehead atoms. The van der Waals surface area contributed by atoms with Crippen molar-refractivity contribution in [1.82, 2.24) is 0 Å². The fourth-order valence-electron chi connectivity index (χ4n) is 2.59. The van der Waals surface area contributed by atoms with Gasteiger partial charge in [-0.3, -0.25) is 4.79 Å². The number of ketones is 1. The zero-order valence-corrected chi connectivity index (χ0v) is 13.8. The molecule has 3 aromatic carbocycles. The van der Waals surface area contributed by atoms with Crippen LogP contribution in [0.3, 0.4) is 0 Å². The standard InChI is InChI=1S/C20H14F2O4/c1-25-19-9-7-15(13-4-2-3-5-14(13)19)20(24)26-11-18(23)12-6-8-16(21)17(22)10-12/h2-10H,11H2,1H3. The summed E-state index contributed by atoms with van der Waals surface area (Å²) < 4.78 is 36.4. The molecule has 0 N–H and O–H groups in total. The summed E-state index contributed by atoms with van der Waals surface area (Å²) in [5.41, 5.74) is 0.204. The minimum Gasteiger partial charge on any atom is -0.496 e. The van der Waals surface area contributed by atoms with Gasteiger partial charge < -0.3 is 9.47 Å². The van der Waals surface area contributed by atoms with Gasteiger partial charge in [-0.2, -0.15) is 0 Å². The van der Waals surface area contributed by atoms with Crippen LogP contribution >= 0.6 is 0 Å². The molecule has 0 aliphatic heterocycles. The third-order valence-corrected chi connectivity index (χ3v) is 3.90. The predicted molar refractivity (Wildman–Crippen MR) is 91.5 cm³/mol. The van der Waals surface area contributed by atoms with Gasteiger partial charge >= 0.3 is 5.97 Å². The third-order valence-electron chi connectivity index (χ3n) is 3.90. The molecule has 0 aliphatic rings. The first kappa shape index (κ1) is 17.5. The smallest absolute Gasteiger partial charge is 0.339 e. The topological polar surface area (TPSA) is 52.6 Å². The molecular formula is C20H14F2O4. The van der Waals surface area contributed by atoms with E-state index in [1.54, 1.807) is 30.3 Å². The Bertz CT molecular complexity index is 998. The van der Waals surface area contributed by atoms with Crippen molar-refractivity contribution in [3.8, 4) is 5.75 Å². The molecule has 0 saturated heterocycles. The van der Waals surface area contributed by atoms with Crippen LogP contribution in [0, 0.1) is 11.6 Å². The van der Waals surface area contributed by atoms with Gasteiger partial charge in [0, 0.05) is 10.9 Å². The van der Waals surface area contributed by atoms with Crippen LogP contribution in [0.5, 0.6) is 5.75 Å². The zero-order chi connectivity index (χ0) is 18.7. The molecule has 3 rings (SSSR count). The maximum Gasteiger partial charge on any atom is 0.339 e. The highest BCUT2D eigenvalue weighted by Crippen LogP contribution is 2.28. The quantitative estimate of drug-likeness (QED) is 0.509. The molecule has 4 nitrogen and oxygen atoms in total. The van der Waals surface area contributed by atoms with Crippen LogP contribution in [0.2, 0.25) is 0 Å². The van der Waals surface area contributed by atoms with Crippen molar-refractivity contribution >= 4 is 22.5 Å². The first-order chi connectivity index (χ1) is 12.5. The Morgan fingerprint density at radius 3 is 2.35 bits per heavy atom. The van der Waals surface area contributed by atoms with E-state index >= 15 is 0 Å². The Labute approximate surface area is 148 Å². The van der Waals surface area contributed by atoms with Crippen molar-refractivity contribution in [2.45, 2.75) is 0 Å². The lowest BCUT2D eigenvalue weighted by molar-refractivity contribution is 0.0476. The lowest BCUT2D eigenvalue weighted by Gasteiger charge is -2.10. The lowest BCUT2D eigenvalue weighted by atomic mass is 10.0. The number of rotatable bonds is 5. The number of ether oxygens (including phenoxy) is 2. The second-order valence-electron chi connectivity index (χ2n) is 5.49. The van der Waals surface area contributed by atoms with E-state index in [-0.39, 0.29) is 11.1 Å². The van der Waals surface area contributed by atoms with Crippen LogP contribution in [0.25, 0.3) is 10.8 Å². The molecule has 0 amide bonds. The molecule has 0 atom stereocenters. The maximum atomic E-state index is 13.2. The Morgan fingerprint density at radius 1 is 0.923 bits per heavy atom. The molecule has 0 radical (unpaired) electrons. The lowest BCUT2D eigenvalue weighted by Crippen LogP contribution is -2.15. The zero-order valence-electron chi connectivity index (χ0n) is 13.8. The molecular weight excluding hydrogens is 342 g/mol. The fourth-order valence-corrected chi connectivity index (χ4v) is 2.59. The van der Waals surface area contributed by atoms with Gasteiger partial charge in [-0.15, -0.1) is 0 Å². The summed E-state index contributed by atoms with van der Waals surface area (Å²) in [5.74, 6) is -2.91. The van der Waals surface area contributed by atoms with Crippen LogP contribution in [-0.2, 0) is 4.74 Å². The molecule has 0 heterocycles. The van der Waals surface area contributed by atoms with Crippen molar-refractivity contribution in [3.63, 3.8) is 0 Å². The molecule has 0 fully saturated rings. The number of carbonyl (C=O) groups excluding carboxylic acids is 2. The van der Waals surface area contributed by atoms with Gasteiger partial charge in [-0.25, -0.2) is 13.6 Å². The highest BCUT2D eigenvalue weighted by Gasteiger charge is 2.17. The number of hydrogen-bond donors (Lipinski definition) is 0. The first-order valence-electron chi connectivity index (χ1n) is 7.72. The average Bonchev–Trinajstić information content (AvgIpc) is 2.67. The molecule has 0 saturated carbocycles. The van der Waals surface area contributed by atoms with Crippen LogP contribution in [0.1, 0.15) is 20.7 Å². The second kappa shape index (κ2) is 7.31. The SMILES string of the molecule is COc1ccc(C(=O)OCC(=O)c2ccc(F)c(F)c2)c2ccccc12. The van der Waals surface area contributed by atoms with Crippen LogP contribution in [-0.4, -0.2) is 25.5 Å². The largest absolute Gasteiger partial charge is 0.496 e. The number of Topliss-reactive ketones (excluding diaryl/α,β-unsaturated/α-hetero) is 1. The number of methoxy groups -OCH3 is 1. The average molecular weight is 356 g/mol. The van der Waals surface area contributed by atoms with Gasteiger partial charge in [-0.1, -0.05) is 24.3 Å². The molecule has 26 heavy (non-hydrogen) atoms. The minimum absolute atomic E-state index is 0.0729. The molecule has 3 aromatic rings. The van der Waals surface area contributed by atoms with E-state index in [0.29, 0.717) is 11.1 Å². The number of esters is 1. The molecule has 0 spiro atoms. The summed E-state index contributed by atoms with van der Waals surface area (Å²) in [6, 6.07) is 13.1. The summed E-state index contributed by atoms with van der Waals surface area (Å²) in [7, 11) is 1.53. The van der Waals surface area contributed by atoms with Gasteiger partial charge in [0.05, 0.1) is 12.7 Å². The Hall–Kier alpha value is -3.28. The first-order valence-corrected chi connectivity index (χ1v) is 7.72. The highest BCUT2D eigenvalue weighted by atomic mass is 19.2. The van der Waals surface area contributed by atoms with Gasteiger partial charge in [0.15, 0.2) is 24.0 Å². The van der Waals surface area contributed by atoms with E-state index < -0.39 is 30.0 Å². The summed E-state index contributed by atoms with van der Waals surface area (Å²) in [6.07, 6.45) is 0. The third kappa shape index (κ3) is 3.39. The van der Waals surface area contributed by atoms with Gasteiger partial charge in [0.2, 0.25) is 0 Å². The monoisotopic (exact) mass is 356 g/mol. The highest BCUT2D eigenvalue weighted by molar-refractivity contribution is 6.07. The Morgan fingerprint density at radius 2 is 1.65 bits per heavy atom. The number of carbonyl (C=O) groups is 2. The Kier molecular flexibility index (Phi) is 4.93. The summed E-state index contributed by atoms with van der Waals surface area (Å²) >= 11 is 0. The van der Waals surface area contributed by atoms with Crippen LogP contribution in [0.4, 0.5) is 8.78 Å². The van der Waals surface area contributed by atoms with E-state index in [0.717, 1.165) is 23.6 Å². The van der Waals surface area contributed by atoms with Crippen LogP contribution < -0.4 is 4.74 Å². The van der Waals surface area contributed by atoms with E-state index in [9.17, 15) is 18.4 Å². The molecule has 0 aliphatic carbocycles. The van der Waals surface area contributed by atoms with Crippen molar-refractivity contribution in [1.29, 1.82) is 0 Å². The van der Waals surface area contributed by atoms with E-state index in [4.69, 9.17) is 9.47 Å². The molecule has 0 unspecified atom stereocenters. The van der Waals surface area contributed by atoms with E-state index in [1.807, 2.05) is 6.07 Å². The fraction of sp³-hybridized carbons (Fsp3) is 0.100. The second-order valence-corrected chi connectivity index (χ2v) is 5.49. The minimum atomic E-state index is -1.14. The summed E-state index contributed by atoms with van der Waals surface area (Å²) in [6.45, 7) is -0.579. The molecule has 0 aromatic heterocycles. The summed E-state index contributed by atoms with van der Waals surface area (Å²) in [5, 5.41) is 1.36. The van der Waals surface area contributed by atoms with E-state index in [2.05, 4.69) is 0 Å². The van der Waals surface area contributed by atoms with Crippen molar-refractivity contribution in [3.05, 3.63) is 77.4 Å². The van der Waals surface area contributed by atoms with Gasteiger partial charge in [0.1, 0.15) is 5.75 Å². The Balaban J connectivity index is 1.79. The number of benzene rings is 3. The number of fused-ring (bicyclic) bond motifs is 1. The molecule has 6 heteroatoms. The summed E-state index contributed by atoms with van der Waals surface area (Å²) in [4.78, 5) is 24.4. The van der Waals surface area contributed by atoms with Crippen molar-refractivity contribution in [2.24, 2.45) is 0 Å². The normalized spacial score (nSPS) is 10.6. The van der Waals surface area contributed by atoms with Crippen molar-refractivity contribution in [2.75, 3.05) is 13.7 Å². The number of halogens is 2. The molecule has 132 valence electrons. The number of hydrogen-bond acceptors (Lipinski definition) is 4. The van der Waals surface area contributed by atoms with Gasteiger partial charge in [0.25, 0.3) is 0 Å². The maximum absolute atomic E-state index is 13.2. The van der Waals surface area contributed by atoms with E-state index in [1.165, 1.54) is 7.11 Å². The van der Waals surface area contributed by atoms with Crippen molar-refractivity contribution < 1.29 is 27.8 Å². The van der Waals surface area contributed by atoms with Gasteiger partial charge in [-0.05, 0) is 35.7 Å².